The zero-order chi connectivity index (χ0) is 22.0. The molecule has 0 fully saturated rings. The summed E-state index contributed by atoms with van der Waals surface area (Å²) in [7, 11) is 1.54. The molecular formula is C21H20F3N3O3. The first kappa shape index (κ1) is 21.4. The molecule has 3 rings (SSSR count). The largest absolute Gasteiger partial charge is 0.344 e. The molecule has 3 amide bonds. The molecule has 2 aromatic carbocycles. The Kier molecular flexibility index (Phi) is 6.09. The molecule has 6 nitrogen and oxygen atoms in total. The lowest BCUT2D eigenvalue weighted by Crippen LogP contribution is -2.50. The molecule has 1 heterocycles. The first-order valence-electron chi connectivity index (χ1n) is 9.22. The third-order valence-corrected chi connectivity index (χ3v) is 4.79. The number of benzene rings is 2. The van der Waals surface area contributed by atoms with Crippen molar-refractivity contribution in [2.45, 2.75) is 32.0 Å². The van der Waals surface area contributed by atoms with Crippen LogP contribution in [-0.2, 0) is 27.3 Å². The van der Waals surface area contributed by atoms with Gasteiger partial charge < -0.3 is 15.5 Å². The Morgan fingerprint density at radius 3 is 2.43 bits per heavy atom. The Hall–Kier alpha value is -3.36. The van der Waals surface area contributed by atoms with Crippen LogP contribution in [0.4, 0.5) is 13.2 Å². The lowest BCUT2D eigenvalue weighted by Gasteiger charge is -2.32. The summed E-state index contributed by atoms with van der Waals surface area (Å²) in [6, 6.07) is 4.69. The van der Waals surface area contributed by atoms with Crippen molar-refractivity contribution >= 4 is 17.7 Å². The van der Waals surface area contributed by atoms with Crippen LogP contribution in [0, 0.1) is 17.5 Å². The normalized spacial score (nSPS) is 16.6. The summed E-state index contributed by atoms with van der Waals surface area (Å²) in [5, 5.41) is 5.01. The quantitative estimate of drug-likeness (QED) is 0.778. The van der Waals surface area contributed by atoms with Gasteiger partial charge in [-0.2, -0.15) is 0 Å². The lowest BCUT2D eigenvalue weighted by molar-refractivity contribution is -0.137. The van der Waals surface area contributed by atoms with Crippen molar-refractivity contribution < 1.29 is 27.6 Å². The first-order valence-corrected chi connectivity index (χ1v) is 9.22. The first-order chi connectivity index (χ1) is 14.1. The number of rotatable bonds is 5. The number of likely N-dealkylation sites (N-methyl/N-ethyl adjacent to an activating group) is 1. The van der Waals surface area contributed by atoms with Gasteiger partial charge in [0.05, 0.1) is 6.42 Å². The van der Waals surface area contributed by atoms with Crippen molar-refractivity contribution in [3.63, 3.8) is 0 Å². The molecule has 9 heteroatoms. The molecule has 1 aliphatic rings. The monoisotopic (exact) mass is 419 g/mol. The summed E-state index contributed by atoms with van der Waals surface area (Å²) in [4.78, 5) is 38.6. The summed E-state index contributed by atoms with van der Waals surface area (Å²) < 4.78 is 40.0. The third kappa shape index (κ3) is 4.79. The van der Waals surface area contributed by atoms with Crippen LogP contribution in [-0.4, -0.2) is 35.7 Å². The van der Waals surface area contributed by atoms with Gasteiger partial charge >= 0.3 is 0 Å². The van der Waals surface area contributed by atoms with Gasteiger partial charge in [-0.1, -0.05) is 6.07 Å². The minimum Gasteiger partial charge on any atom is -0.344 e. The molecule has 2 aromatic rings. The van der Waals surface area contributed by atoms with Crippen molar-refractivity contribution in [1.29, 1.82) is 0 Å². The van der Waals surface area contributed by atoms with Crippen LogP contribution in [0.1, 0.15) is 29.7 Å². The molecule has 1 unspecified atom stereocenters. The van der Waals surface area contributed by atoms with E-state index in [0.29, 0.717) is 17.2 Å². The van der Waals surface area contributed by atoms with Crippen molar-refractivity contribution in [1.82, 2.24) is 15.5 Å². The zero-order valence-corrected chi connectivity index (χ0v) is 16.3. The number of carbonyl (C=O) groups is 3. The van der Waals surface area contributed by atoms with E-state index in [1.807, 2.05) is 0 Å². The van der Waals surface area contributed by atoms with E-state index < -0.39 is 41.3 Å². The Morgan fingerprint density at radius 1 is 1.10 bits per heavy atom. The minimum atomic E-state index is -1.01. The van der Waals surface area contributed by atoms with E-state index in [2.05, 4.69) is 10.6 Å². The predicted molar refractivity (Wildman–Crippen MR) is 101 cm³/mol. The summed E-state index contributed by atoms with van der Waals surface area (Å²) in [6.07, 6.45) is -0.320. The highest BCUT2D eigenvalue weighted by Crippen LogP contribution is 2.27. The highest BCUT2D eigenvalue weighted by atomic mass is 19.1. The lowest BCUT2D eigenvalue weighted by atomic mass is 9.94. The van der Waals surface area contributed by atoms with Crippen LogP contribution in [0.25, 0.3) is 0 Å². The Morgan fingerprint density at radius 2 is 1.77 bits per heavy atom. The number of halogens is 3. The summed E-state index contributed by atoms with van der Waals surface area (Å²) in [5.41, 5.74) is 1.19. The maximum Gasteiger partial charge on any atom is 0.249 e. The van der Waals surface area contributed by atoms with Gasteiger partial charge in [-0.05, 0) is 47.9 Å². The maximum atomic E-state index is 13.5. The van der Waals surface area contributed by atoms with Crippen LogP contribution >= 0.6 is 0 Å². The zero-order valence-electron chi connectivity index (χ0n) is 16.3. The molecule has 0 spiro atoms. The molecule has 2 atom stereocenters. The van der Waals surface area contributed by atoms with Crippen molar-refractivity contribution in [2.75, 3.05) is 7.05 Å². The van der Waals surface area contributed by atoms with Gasteiger partial charge in [-0.25, -0.2) is 13.2 Å². The molecule has 0 bridgehead atoms. The molecule has 0 aliphatic carbocycles. The van der Waals surface area contributed by atoms with Gasteiger partial charge in [0.2, 0.25) is 17.7 Å². The van der Waals surface area contributed by atoms with Gasteiger partial charge in [0.15, 0.2) is 0 Å². The van der Waals surface area contributed by atoms with Gasteiger partial charge in [0.1, 0.15) is 29.5 Å². The molecule has 2 N–H and O–H groups in total. The molecule has 1 aliphatic heterocycles. The fourth-order valence-electron chi connectivity index (χ4n) is 3.34. The van der Waals surface area contributed by atoms with Gasteiger partial charge in [0, 0.05) is 19.7 Å². The van der Waals surface area contributed by atoms with Crippen molar-refractivity contribution in [2.24, 2.45) is 0 Å². The average Bonchev–Trinajstić information content (AvgIpc) is 2.64. The van der Waals surface area contributed by atoms with Crippen molar-refractivity contribution in [3.8, 4) is 0 Å². The van der Waals surface area contributed by atoms with E-state index in [1.165, 1.54) is 30.0 Å². The van der Waals surface area contributed by atoms with Gasteiger partial charge in [-0.15, -0.1) is 0 Å². The second-order valence-electron chi connectivity index (χ2n) is 7.22. The highest BCUT2D eigenvalue weighted by Gasteiger charge is 2.33. The molecule has 0 aromatic heterocycles. The predicted octanol–water partition coefficient (Wildman–Crippen LogP) is 1.98. The number of nitrogens with one attached hydrogen (secondary N) is 2. The van der Waals surface area contributed by atoms with E-state index >= 15 is 0 Å². The average molecular weight is 419 g/mol. The van der Waals surface area contributed by atoms with Crippen LogP contribution in [0.2, 0.25) is 0 Å². The molecule has 0 radical (unpaired) electrons. The number of nitrogens with zero attached hydrogens (tertiary/aromatic N) is 1. The van der Waals surface area contributed by atoms with Crippen LogP contribution < -0.4 is 10.6 Å². The van der Waals surface area contributed by atoms with E-state index in [1.54, 1.807) is 7.05 Å². The SMILES string of the molecule is C[C@H](NC(=O)Cc1cc(F)cc(F)c1)C(=O)NC1C(=O)N(C)Cc2cc(F)ccc21. The smallest absolute Gasteiger partial charge is 0.249 e. The molecule has 0 saturated carbocycles. The summed E-state index contributed by atoms with van der Waals surface area (Å²) >= 11 is 0. The summed E-state index contributed by atoms with van der Waals surface area (Å²) in [6.45, 7) is 1.64. The van der Waals surface area contributed by atoms with E-state index in [0.717, 1.165) is 12.1 Å². The molecular weight excluding hydrogens is 399 g/mol. The van der Waals surface area contributed by atoms with Crippen LogP contribution in [0.5, 0.6) is 0 Å². The van der Waals surface area contributed by atoms with Crippen LogP contribution in [0.3, 0.4) is 0 Å². The fourth-order valence-corrected chi connectivity index (χ4v) is 3.34. The Bertz CT molecular complexity index is 992. The van der Waals surface area contributed by atoms with E-state index in [-0.39, 0.29) is 24.4 Å². The number of amides is 3. The number of carbonyl (C=O) groups excluding carboxylic acids is 3. The molecule has 0 saturated heterocycles. The third-order valence-electron chi connectivity index (χ3n) is 4.79. The Balaban J connectivity index is 1.66. The van der Waals surface area contributed by atoms with Gasteiger partial charge in [0.25, 0.3) is 0 Å². The Labute approximate surface area is 171 Å². The number of hydrogen-bond acceptors (Lipinski definition) is 3. The van der Waals surface area contributed by atoms with E-state index in [4.69, 9.17) is 0 Å². The topological polar surface area (TPSA) is 78.5 Å². The number of hydrogen-bond donors (Lipinski definition) is 2. The van der Waals surface area contributed by atoms with E-state index in [9.17, 15) is 27.6 Å². The second-order valence-corrected chi connectivity index (χ2v) is 7.22. The maximum absolute atomic E-state index is 13.5. The highest BCUT2D eigenvalue weighted by molar-refractivity contribution is 5.93. The van der Waals surface area contributed by atoms with Gasteiger partial charge in [-0.3, -0.25) is 14.4 Å². The summed E-state index contributed by atoms with van der Waals surface area (Å²) in [5.74, 6) is -3.67. The van der Waals surface area contributed by atoms with Crippen LogP contribution in [0.15, 0.2) is 36.4 Å². The number of fused-ring (bicyclic) bond motifs is 1. The molecule has 158 valence electrons. The van der Waals surface area contributed by atoms with Crippen molar-refractivity contribution in [3.05, 3.63) is 70.5 Å². The standard InChI is InChI=1S/C21H20F3N3O3/c1-11(25-18(28)7-12-5-15(23)9-16(24)6-12)20(29)26-19-17-4-3-14(22)8-13(17)10-27(2)21(19)30/h3-6,8-9,11,19H,7,10H2,1-2H3,(H,25,28)(H,26,29)/t11-,19?/m0/s1. The fraction of sp³-hybridized carbons (Fsp3) is 0.286. The second kappa shape index (κ2) is 8.56. The minimum absolute atomic E-state index is 0.123. The molecule has 30 heavy (non-hydrogen) atoms.